The molecule has 1 amide bonds. The van der Waals surface area contributed by atoms with Gasteiger partial charge in [-0.15, -0.1) is 0 Å². The third kappa shape index (κ3) is 4.46. The van der Waals surface area contributed by atoms with E-state index in [4.69, 9.17) is 0 Å². The van der Waals surface area contributed by atoms with Crippen molar-refractivity contribution >= 4 is 17.3 Å². The molecule has 0 bridgehead atoms. The first-order valence-corrected chi connectivity index (χ1v) is 10.5. The van der Waals surface area contributed by atoms with Gasteiger partial charge in [0.05, 0.1) is 5.70 Å². The first kappa shape index (κ1) is 19.0. The molecule has 2 aliphatic rings. The van der Waals surface area contributed by atoms with Crippen LogP contribution in [0.4, 0.5) is 5.69 Å². The highest BCUT2D eigenvalue weighted by Crippen LogP contribution is 2.40. The van der Waals surface area contributed by atoms with Gasteiger partial charge in [-0.2, -0.15) is 0 Å². The number of nitrogens with one attached hydrogen (secondary N) is 4. The second-order valence-corrected chi connectivity index (χ2v) is 7.82. The standard InChI is InChI=1S/C26H24N4O/c31-26(28-24-17-22(24)18-8-3-1-4-9-18)20-12-7-13-21(16-20)27-25-15-14-23(29-30-25)19-10-5-2-6-11-19/h1-16,22,24,27,29-30H,17H2,(H,28,31)/t22-,24+/m0/s1. The number of benzene rings is 3. The van der Waals surface area contributed by atoms with Crippen LogP contribution in [0.2, 0.25) is 0 Å². The number of carbonyl (C=O) groups is 1. The molecule has 1 aliphatic carbocycles. The Morgan fingerprint density at radius 2 is 1.61 bits per heavy atom. The molecule has 1 saturated carbocycles. The van der Waals surface area contributed by atoms with Gasteiger partial charge in [-0.3, -0.25) is 15.6 Å². The molecule has 3 aromatic carbocycles. The van der Waals surface area contributed by atoms with Crippen molar-refractivity contribution in [2.45, 2.75) is 18.4 Å². The number of rotatable bonds is 6. The molecule has 1 fully saturated rings. The van der Waals surface area contributed by atoms with Crippen LogP contribution in [0.3, 0.4) is 0 Å². The van der Waals surface area contributed by atoms with Gasteiger partial charge >= 0.3 is 0 Å². The average molecular weight is 409 g/mol. The molecule has 3 aromatic rings. The van der Waals surface area contributed by atoms with Gasteiger partial charge in [-0.25, -0.2) is 0 Å². The lowest BCUT2D eigenvalue weighted by atomic mass is 10.1. The van der Waals surface area contributed by atoms with Crippen LogP contribution in [0.15, 0.2) is 103 Å². The molecule has 0 unspecified atom stereocenters. The summed E-state index contributed by atoms with van der Waals surface area (Å²) < 4.78 is 0. The minimum atomic E-state index is -0.0398. The molecule has 154 valence electrons. The largest absolute Gasteiger partial charge is 0.349 e. The Bertz CT molecular complexity index is 1140. The van der Waals surface area contributed by atoms with Gasteiger partial charge in [-0.05, 0) is 47.9 Å². The topological polar surface area (TPSA) is 65.2 Å². The van der Waals surface area contributed by atoms with Crippen LogP contribution in [0, 0.1) is 0 Å². The molecular weight excluding hydrogens is 384 g/mol. The molecule has 5 rings (SSSR count). The summed E-state index contributed by atoms with van der Waals surface area (Å²) in [6.45, 7) is 0. The Morgan fingerprint density at radius 3 is 2.35 bits per heavy atom. The highest BCUT2D eigenvalue weighted by Gasteiger charge is 2.39. The van der Waals surface area contributed by atoms with Gasteiger partial charge in [-0.1, -0.05) is 66.7 Å². The summed E-state index contributed by atoms with van der Waals surface area (Å²) in [6, 6.07) is 28.2. The van der Waals surface area contributed by atoms with Gasteiger partial charge in [0, 0.05) is 23.2 Å². The second kappa shape index (κ2) is 8.40. The lowest BCUT2D eigenvalue weighted by Gasteiger charge is -2.21. The molecule has 1 heterocycles. The number of hydrazine groups is 1. The molecule has 0 spiro atoms. The van der Waals surface area contributed by atoms with Gasteiger partial charge in [0.1, 0.15) is 5.82 Å². The summed E-state index contributed by atoms with van der Waals surface area (Å²) in [5.41, 5.74) is 11.2. The molecule has 0 radical (unpaired) electrons. The first-order chi connectivity index (χ1) is 15.3. The quantitative estimate of drug-likeness (QED) is 0.489. The zero-order valence-corrected chi connectivity index (χ0v) is 17.0. The van der Waals surface area contributed by atoms with E-state index in [1.165, 1.54) is 5.56 Å². The average Bonchev–Trinajstić information content (AvgIpc) is 3.60. The highest BCUT2D eigenvalue weighted by molar-refractivity contribution is 5.95. The first-order valence-electron chi connectivity index (χ1n) is 10.5. The van der Waals surface area contributed by atoms with Crippen LogP contribution in [-0.4, -0.2) is 11.9 Å². The number of hydrogen-bond acceptors (Lipinski definition) is 4. The summed E-state index contributed by atoms with van der Waals surface area (Å²) in [5, 5.41) is 6.47. The van der Waals surface area contributed by atoms with Gasteiger partial charge in [0.15, 0.2) is 0 Å². The van der Waals surface area contributed by atoms with Crippen LogP contribution < -0.4 is 21.5 Å². The van der Waals surface area contributed by atoms with E-state index in [-0.39, 0.29) is 11.9 Å². The Hall–Kier alpha value is -3.99. The minimum absolute atomic E-state index is 0.0398. The monoisotopic (exact) mass is 408 g/mol. The number of allylic oxidation sites excluding steroid dienone is 2. The highest BCUT2D eigenvalue weighted by atomic mass is 16.1. The molecule has 5 heteroatoms. The molecular formula is C26H24N4O. The fraction of sp³-hybridized carbons (Fsp3) is 0.115. The summed E-state index contributed by atoms with van der Waals surface area (Å²) in [4.78, 5) is 12.7. The fourth-order valence-corrected chi connectivity index (χ4v) is 3.81. The van der Waals surface area contributed by atoms with Gasteiger partial charge < -0.3 is 10.6 Å². The van der Waals surface area contributed by atoms with E-state index < -0.39 is 0 Å². The van der Waals surface area contributed by atoms with Crippen LogP contribution >= 0.6 is 0 Å². The molecule has 1 aliphatic heterocycles. The number of hydrogen-bond donors (Lipinski definition) is 4. The zero-order valence-electron chi connectivity index (χ0n) is 17.0. The molecule has 4 N–H and O–H groups in total. The van der Waals surface area contributed by atoms with Crippen molar-refractivity contribution in [1.82, 2.24) is 16.2 Å². The van der Waals surface area contributed by atoms with Crippen molar-refractivity contribution in [3.63, 3.8) is 0 Å². The van der Waals surface area contributed by atoms with Crippen LogP contribution in [-0.2, 0) is 0 Å². The van der Waals surface area contributed by atoms with E-state index in [0.717, 1.165) is 29.2 Å². The summed E-state index contributed by atoms with van der Waals surface area (Å²) in [5.74, 6) is 1.19. The zero-order chi connectivity index (χ0) is 21.0. The Labute approximate surface area is 181 Å². The predicted octanol–water partition coefficient (Wildman–Crippen LogP) is 4.37. The maximum atomic E-state index is 12.7. The van der Waals surface area contributed by atoms with E-state index in [1.807, 2.05) is 72.8 Å². The van der Waals surface area contributed by atoms with Crippen LogP contribution in [0.5, 0.6) is 0 Å². The van der Waals surface area contributed by atoms with Crippen molar-refractivity contribution in [2.75, 3.05) is 5.32 Å². The summed E-state index contributed by atoms with van der Waals surface area (Å²) >= 11 is 0. The van der Waals surface area contributed by atoms with Gasteiger partial charge in [0.2, 0.25) is 0 Å². The third-order valence-electron chi connectivity index (χ3n) is 5.57. The number of anilines is 1. The Morgan fingerprint density at radius 1 is 0.839 bits per heavy atom. The van der Waals surface area contributed by atoms with Crippen LogP contribution in [0.1, 0.15) is 33.8 Å². The van der Waals surface area contributed by atoms with E-state index in [2.05, 4.69) is 45.8 Å². The molecule has 2 atom stereocenters. The van der Waals surface area contributed by atoms with Crippen molar-refractivity contribution < 1.29 is 4.79 Å². The summed E-state index contributed by atoms with van der Waals surface area (Å²) in [6.07, 6.45) is 4.98. The SMILES string of the molecule is O=C(N[C@@H]1C[C@H]1c1ccccc1)c1cccc(NC2=CC=C(c3ccccc3)NN2)c1. The number of carbonyl (C=O) groups excluding carboxylic acids is 1. The van der Waals surface area contributed by atoms with Crippen molar-refractivity contribution in [2.24, 2.45) is 0 Å². The molecule has 0 saturated heterocycles. The van der Waals surface area contributed by atoms with Gasteiger partial charge in [0.25, 0.3) is 5.91 Å². The van der Waals surface area contributed by atoms with Crippen molar-refractivity contribution in [3.05, 3.63) is 120 Å². The Balaban J connectivity index is 1.21. The smallest absolute Gasteiger partial charge is 0.251 e. The molecule has 0 aromatic heterocycles. The van der Waals surface area contributed by atoms with E-state index >= 15 is 0 Å². The van der Waals surface area contributed by atoms with E-state index in [1.54, 1.807) is 0 Å². The molecule has 31 heavy (non-hydrogen) atoms. The Kier molecular flexibility index (Phi) is 5.15. The maximum Gasteiger partial charge on any atom is 0.251 e. The van der Waals surface area contributed by atoms with E-state index in [9.17, 15) is 4.79 Å². The molecule has 5 nitrogen and oxygen atoms in total. The van der Waals surface area contributed by atoms with E-state index in [0.29, 0.717) is 11.5 Å². The maximum absolute atomic E-state index is 12.7. The minimum Gasteiger partial charge on any atom is -0.349 e. The van der Waals surface area contributed by atoms with Crippen molar-refractivity contribution in [1.29, 1.82) is 0 Å². The normalized spacial score (nSPS) is 19.2. The third-order valence-corrected chi connectivity index (χ3v) is 5.57. The summed E-state index contributed by atoms with van der Waals surface area (Å²) in [7, 11) is 0. The lowest BCUT2D eigenvalue weighted by molar-refractivity contribution is 0.0950. The van der Waals surface area contributed by atoms with Crippen LogP contribution in [0.25, 0.3) is 5.70 Å². The van der Waals surface area contributed by atoms with Crippen molar-refractivity contribution in [3.8, 4) is 0 Å². The fourth-order valence-electron chi connectivity index (χ4n) is 3.81. The lowest BCUT2D eigenvalue weighted by Crippen LogP contribution is -2.35. The predicted molar refractivity (Wildman–Crippen MR) is 124 cm³/mol. The number of amides is 1. The second-order valence-electron chi connectivity index (χ2n) is 7.82.